The Morgan fingerprint density at radius 2 is 2.11 bits per heavy atom. The van der Waals surface area contributed by atoms with Gasteiger partial charge in [0, 0.05) is 11.9 Å². The van der Waals surface area contributed by atoms with Gasteiger partial charge in [-0.25, -0.2) is 4.98 Å². The maximum absolute atomic E-state index is 12.0. The van der Waals surface area contributed by atoms with E-state index in [1.807, 2.05) is 38.1 Å². The fourth-order valence-electron chi connectivity index (χ4n) is 1.72. The molecule has 2 aromatic rings. The van der Waals surface area contributed by atoms with Crippen molar-refractivity contribution in [3.05, 3.63) is 51.5 Å². The molecule has 1 unspecified atom stereocenters. The normalized spacial score (nSPS) is 12.2. The number of nitrogens with one attached hydrogen (secondary N) is 1. The largest absolute Gasteiger partial charge is 0.344 e. The molecule has 0 aliphatic carbocycles. The summed E-state index contributed by atoms with van der Waals surface area (Å²) in [6.45, 7) is 4.36. The van der Waals surface area contributed by atoms with Crippen LogP contribution in [0.1, 0.15) is 39.6 Å². The van der Waals surface area contributed by atoms with Crippen molar-refractivity contribution in [1.29, 1.82) is 0 Å². The van der Waals surface area contributed by atoms with Crippen molar-refractivity contribution in [3.63, 3.8) is 0 Å². The number of rotatable bonds is 4. The van der Waals surface area contributed by atoms with Crippen molar-refractivity contribution in [2.24, 2.45) is 5.73 Å². The maximum Gasteiger partial charge on any atom is 0.271 e. The summed E-state index contributed by atoms with van der Waals surface area (Å²) in [6, 6.07) is 8.07. The number of nitrogens with two attached hydrogens (primary N) is 1. The molecule has 4 nitrogen and oxygen atoms in total. The Balaban J connectivity index is 2.04. The van der Waals surface area contributed by atoms with Gasteiger partial charge in [0.05, 0.1) is 6.04 Å². The predicted molar refractivity (Wildman–Crippen MR) is 77.1 cm³/mol. The Morgan fingerprint density at radius 1 is 1.42 bits per heavy atom. The molecule has 5 heteroatoms. The van der Waals surface area contributed by atoms with E-state index in [0.29, 0.717) is 12.2 Å². The van der Waals surface area contributed by atoms with Crippen LogP contribution in [-0.4, -0.2) is 10.9 Å². The molecule has 100 valence electrons. The van der Waals surface area contributed by atoms with Crippen molar-refractivity contribution in [2.45, 2.75) is 26.4 Å². The lowest BCUT2D eigenvalue weighted by Crippen LogP contribution is -2.27. The summed E-state index contributed by atoms with van der Waals surface area (Å²) in [6.07, 6.45) is 0. The molecule has 1 aromatic heterocycles. The van der Waals surface area contributed by atoms with Gasteiger partial charge < -0.3 is 11.1 Å². The zero-order valence-corrected chi connectivity index (χ0v) is 11.8. The lowest BCUT2D eigenvalue weighted by Gasteiger charge is -2.13. The maximum atomic E-state index is 12.0. The molecule has 0 aliphatic heterocycles. The Kier molecular flexibility index (Phi) is 4.29. The number of carbonyl (C=O) groups excluding carboxylic acids is 1. The highest BCUT2D eigenvalue weighted by atomic mass is 32.1. The standard InChI is InChI=1S/C14H17N3OS/c1-9-3-5-11(6-4-9)10(2)16-14(18)12-8-19-13(7-15)17-12/h3-6,8,10H,7,15H2,1-2H3,(H,16,18). The van der Waals surface area contributed by atoms with Gasteiger partial charge in [0.25, 0.3) is 5.91 Å². The van der Waals surface area contributed by atoms with Gasteiger partial charge in [-0.05, 0) is 19.4 Å². The number of nitrogens with zero attached hydrogens (tertiary/aromatic N) is 1. The summed E-state index contributed by atoms with van der Waals surface area (Å²) in [5.74, 6) is -0.163. The molecule has 0 fully saturated rings. The summed E-state index contributed by atoms with van der Waals surface area (Å²) in [5, 5.41) is 5.44. The summed E-state index contributed by atoms with van der Waals surface area (Å²) in [7, 11) is 0. The number of aryl methyl sites for hydroxylation is 1. The lowest BCUT2D eigenvalue weighted by atomic mass is 10.1. The fraction of sp³-hybridized carbons (Fsp3) is 0.286. The zero-order chi connectivity index (χ0) is 13.8. The van der Waals surface area contributed by atoms with Crippen LogP contribution in [-0.2, 0) is 6.54 Å². The molecule has 0 bridgehead atoms. The quantitative estimate of drug-likeness (QED) is 0.900. The van der Waals surface area contributed by atoms with Gasteiger partial charge >= 0.3 is 0 Å². The second kappa shape index (κ2) is 5.95. The molecule has 1 atom stereocenters. The third kappa shape index (κ3) is 3.39. The number of hydrogen-bond acceptors (Lipinski definition) is 4. The topological polar surface area (TPSA) is 68.0 Å². The fourth-order valence-corrected chi connectivity index (χ4v) is 2.37. The summed E-state index contributed by atoms with van der Waals surface area (Å²) in [5.41, 5.74) is 8.20. The second-order valence-electron chi connectivity index (χ2n) is 4.44. The van der Waals surface area contributed by atoms with Gasteiger partial charge in [-0.15, -0.1) is 11.3 Å². The van der Waals surface area contributed by atoms with Crippen molar-refractivity contribution < 1.29 is 4.79 Å². The first kappa shape index (κ1) is 13.7. The first-order chi connectivity index (χ1) is 9.10. The summed E-state index contributed by atoms with van der Waals surface area (Å²) >= 11 is 1.41. The van der Waals surface area contributed by atoms with Gasteiger partial charge in [-0.3, -0.25) is 4.79 Å². The zero-order valence-electron chi connectivity index (χ0n) is 11.0. The van der Waals surface area contributed by atoms with E-state index in [2.05, 4.69) is 10.3 Å². The van der Waals surface area contributed by atoms with E-state index >= 15 is 0 Å². The molecule has 0 saturated heterocycles. The minimum absolute atomic E-state index is 0.0453. The molecule has 0 radical (unpaired) electrons. The molecule has 1 heterocycles. The summed E-state index contributed by atoms with van der Waals surface area (Å²) < 4.78 is 0. The third-order valence-corrected chi connectivity index (χ3v) is 3.76. The van der Waals surface area contributed by atoms with Crippen LogP contribution in [0.2, 0.25) is 0 Å². The molecule has 1 aromatic carbocycles. The van der Waals surface area contributed by atoms with Gasteiger partial charge in [-0.2, -0.15) is 0 Å². The van der Waals surface area contributed by atoms with Crippen LogP contribution in [0.4, 0.5) is 0 Å². The van der Waals surface area contributed by atoms with Crippen molar-refractivity contribution >= 4 is 17.2 Å². The molecular formula is C14H17N3OS. The highest BCUT2D eigenvalue weighted by Crippen LogP contribution is 2.15. The molecule has 2 rings (SSSR count). The number of amides is 1. The van der Waals surface area contributed by atoms with E-state index in [0.717, 1.165) is 10.6 Å². The molecule has 0 spiro atoms. The minimum Gasteiger partial charge on any atom is -0.344 e. The Hall–Kier alpha value is -1.72. The number of benzene rings is 1. The Bertz CT molecular complexity index is 562. The van der Waals surface area contributed by atoms with Crippen molar-refractivity contribution in [1.82, 2.24) is 10.3 Å². The molecule has 3 N–H and O–H groups in total. The second-order valence-corrected chi connectivity index (χ2v) is 5.38. The van der Waals surface area contributed by atoms with Gasteiger partial charge in [0.1, 0.15) is 10.7 Å². The third-order valence-electron chi connectivity index (χ3n) is 2.88. The van der Waals surface area contributed by atoms with E-state index < -0.39 is 0 Å². The van der Waals surface area contributed by atoms with Crippen LogP contribution in [0.5, 0.6) is 0 Å². The smallest absolute Gasteiger partial charge is 0.271 e. The van der Waals surface area contributed by atoms with E-state index in [1.165, 1.54) is 16.9 Å². The Morgan fingerprint density at radius 3 is 2.68 bits per heavy atom. The molecule has 19 heavy (non-hydrogen) atoms. The monoisotopic (exact) mass is 275 g/mol. The van der Waals surface area contributed by atoms with E-state index in [9.17, 15) is 4.79 Å². The van der Waals surface area contributed by atoms with Crippen LogP contribution in [0, 0.1) is 6.92 Å². The minimum atomic E-state index is -0.163. The average molecular weight is 275 g/mol. The van der Waals surface area contributed by atoms with E-state index in [-0.39, 0.29) is 11.9 Å². The van der Waals surface area contributed by atoms with E-state index in [4.69, 9.17) is 5.73 Å². The number of aromatic nitrogens is 1. The van der Waals surface area contributed by atoms with Gasteiger partial charge in [0.2, 0.25) is 0 Å². The average Bonchev–Trinajstić information content (AvgIpc) is 2.88. The number of hydrogen-bond donors (Lipinski definition) is 2. The number of thiazole rings is 1. The number of carbonyl (C=O) groups is 1. The van der Waals surface area contributed by atoms with Gasteiger partial charge in [0.15, 0.2) is 0 Å². The van der Waals surface area contributed by atoms with Crippen LogP contribution < -0.4 is 11.1 Å². The van der Waals surface area contributed by atoms with Gasteiger partial charge in [-0.1, -0.05) is 29.8 Å². The van der Waals surface area contributed by atoms with E-state index in [1.54, 1.807) is 5.38 Å². The lowest BCUT2D eigenvalue weighted by molar-refractivity contribution is 0.0935. The van der Waals surface area contributed by atoms with Crippen LogP contribution in [0.15, 0.2) is 29.6 Å². The first-order valence-corrected chi connectivity index (χ1v) is 7.00. The molecule has 1 amide bonds. The van der Waals surface area contributed by atoms with Crippen LogP contribution in [0.25, 0.3) is 0 Å². The Labute approximate surface area is 116 Å². The van der Waals surface area contributed by atoms with Crippen LogP contribution in [0.3, 0.4) is 0 Å². The van der Waals surface area contributed by atoms with Crippen molar-refractivity contribution in [2.75, 3.05) is 0 Å². The summed E-state index contributed by atoms with van der Waals surface area (Å²) in [4.78, 5) is 16.2. The SMILES string of the molecule is Cc1ccc(C(C)NC(=O)c2csc(CN)n2)cc1. The highest BCUT2D eigenvalue weighted by Gasteiger charge is 2.14. The molecule has 0 saturated carbocycles. The molecular weight excluding hydrogens is 258 g/mol. The van der Waals surface area contributed by atoms with Crippen molar-refractivity contribution in [3.8, 4) is 0 Å². The first-order valence-electron chi connectivity index (χ1n) is 6.12. The molecule has 0 aliphatic rings. The van der Waals surface area contributed by atoms with Crippen LogP contribution >= 0.6 is 11.3 Å². The highest BCUT2D eigenvalue weighted by molar-refractivity contribution is 7.09. The predicted octanol–water partition coefficient (Wildman–Crippen LogP) is 2.40.